The van der Waals surface area contributed by atoms with Crippen molar-refractivity contribution >= 4 is 52.3 Å². The number of hydrogen-bond acceptors (Lipinski definition) is 8. The zero-order valence-electron chi connectivity index (χ0n) is 31.8. The van der Waals surface area contributed by atoms with Crippen LogP contribution in [0.1, 0.15) is 57.6 Å². The molecule has 15 nitrogen and oxygen atoms in total. The van der Waals surface area contributed by atoms with Gasteiger partial charge in [-0.05, 0) is 75.8 Å². The van der Waals surface area contributed by atoms with Gasteiger partial charge in [-0.2, -0.15) is 0 Å². The van der Waals surface area contributed by atoms with Gasteiger partial charge >= 0.3 is 18.1 Å². The second kappa shape index (κ2) is 19.3. The van der Waals surface area contributed by atoms with E-state index < -0.39 is 54.0 Å². The average molecular weight is 767 g/mol. The lowest BCUT2D eigenvalue weighted by atomic mass is 10.0. The highest BCUT2D eigenvalue weighted by Gasteiger charge is 2.36. The summed E-state index contributed by atoms with van der Waals surface area (Å²) in [6.45, 7) is 5.71. The highest BCUT2D eigenvalue weighted by molar-refractivity contribution is 6.00. The lowest BCUT2D eigenvalue weighted by Crippen LogP contribution is -2.62. The summed E-state index contributed by atoms with van der Waals surface area (Å²) in [7, 11) is 0. The van der Waals surface area contributed by atoms with E-state index in [9.17, 15) is 29.1 Å². The number of carboxylic acids is 1. The van der Waals surface area contributed by atoms with E-state index in [2.05, 4.69) is 36.7 Å². The van der Waals surface area contributed by atoms with E-state index in [-0.39, 0.29) is 24.8 Å². The van der Waals surface area contributed by atoms with Crippen molar-refractivity contribution < 1.29 is 33.8 Å². The van der Waals surface area contributed by atoms with Gasteiger partial charge < -0.3 is 36.1 Å². The summed E-state index contributed by atoms with van der Waals surface area (Å²) >= 11 is 0. The molecule has 5 rings (SSSR count). The number of hydrazine groups is 1. The number of amides is 5. The fourth-order valence-corrected chi connectivity index (χ4v) is 6.24. The number of carbonyl (C=O) groups excluding carboxylic acids is 4. The molecule has 5 amide bonds. The Morgan fingerprint density at radius 3 is 2.34 bits per heavy atom. The van der Waals surface area contributed by atoms with Crippen molar-refractivity contribution in [1.82, 2.24) is 31.4 Å². The van der Waals surface area contributed by atoms with Crippen LogP contribution in [-0.4, -0.2) is 87.7 Å². The number of carboxylic acid groups (broad SMARTS) is 1. The molecular formula is C41H50N8O7. The first-order valence-corrected chi connectivity index (χ1v) is 18.7. The first-order chi connectivity index (χ1) is 26.8. The Kier molecular flexibility index (Phi) is 14.0. The van der Waals surface area contributed by atoms with Crippen molar-refractivity contribution in [2.75, 3.05) is 18.4 Å². The molecule has 2 heterocycles. The number of aliphatic imine (C=N–C) groups is 1. The first kappa shape index (κ1) is 40.8. The molecule has 4 aromatic rings. The van der Waals surface area contributed by atoms with Crippen LogP contribution in [0.3, 0.4) is 0 Å². The van der Waals surface area contributed by atoms with Crippen LogP contribution >= 0.6 is 0 Å². The number of aliphatic carboxylic acids is 1. The molecule has 1 aliphatic heterocycles. The highest BCUT2D eigenvalue weighted by atomic mass is 16.6. The number of amidine groups is 1. The predicted molar refractivity (Wildman–Crippen MR) is 213 cm³/mol. The van der Waals surface area contributed by atoms with Crippen molar-refractivity contribution in [1.29, 1.82) is 0 Å². The largest absolute Gasteiger partial charge is 0.481 e. The topological polar surface area (TPSA) is 206 Å². The normalized spacial score (nSPS) is 15.2. The molecular weight excluding hydrogens is 716 g/mol. The summed E-state index contributed by atoms with van der Waals surface area (Å²) in [5.41, 5.74) is 5.54. The summed E-state index contributed by atoms with van der Waals surface area (Å²) < 4.78 is 5.52. The molecule has 3 unspecified atom stereocenters. The summed E-state index contributed by atoms with van der Waals surface area (Å²) in [4.78, 5) is 73.0. The van der Waals surface area contributed by atoms with E-state index in [0.717, 1.165) is 22.0 Å². The number of hydrogen-bond donors (Lipinski definition) is 7. The number of alkyl carbamates (subject to hydrolysis) is 1. The van der Waals surface area contributed by atoms with Crippen molar-refractivity contribution in [2.24, 2.45) is 4.99 Å². The minimum atomic E-state index is -1.23. The minimum Gasteiger partial charge on any atom is -0.481 e. The number of aromatic amines is 1. The van der Waals surface area contributed by atoms with Crippen LogP contribution in [0.5, 0.6) is 0 Å². The molecule has 0 aliphatic carbocycles. The number of fused-ring (bicyclic) bond motifs is 1. The zero-order valence-corrected chi connectivity index (χ0v) is 31.8. The number of anilines is 1. The molecule has 1 aromatic heterocycles. The van der Waals surface area contributed by atoms with Gasteiger partial charge in [0.1, 0.15) is 23.5 Å². The third-order valence-electron chi connectivity index (χ3n) is 8.92. The second-order valence-electron chi connectivity index (χ2n) is 14.5. The molecule has 0 saturated heterocycles. The molecule has 0 bridgehead atoms. The van der Waals surface area contributed by atoms with E-state index in [1.54, 1.807) is 39.1 Å². The van der Waals surface area contributed by atoms with Gasteiger partial charge in [0, 0.05) is 42.3 Å². The highest BCUT2D eigenvalue weighted by Crippen LogP contribution is 2.20. The Balaban J connectivity index is 1.37. The number of rotatable bonds is 17. The number of H-pyrrole nitrogens is 1. The van der Waals surface area contributed by atoms with Gasteiger partial charge in [0.25, 0.3) is 5.91 Å². The third kappa shape index (κ3) is 12.3. The number of benzene rings is 3. The lowest BCUT2D eigenvalue weighted by molar-refractivity contribution is -0.143. The number of unbranched alkanes of at least 4 members (excludes halogenated alkanes) is 1. The Hall–Kier alpha value is -6.38. The maximum atomic E-state index is 14.3. The molecule has 15 heteroatoms. The van der Waals surface area contributed by atoms with Crippen molar-refractivity contribution in [3.8, 4) is 0 Å². The van der Waals surface area contributed by atoms with E-state index >= 15 is 0 Å². The quantitative estimate of drug-likeness (QED) is 0.0734. The van der Waals surface area contributed by atoms with Gasteiger partial charge in [0.15, 0.2) is 0 Å². The first-order valence-electron chi connectivity index (χ1n) is 18.7. The summed E-state index contributed by atoms with van der Waals surface area (Å²) in [6, 6.07) is 22.7. The van der Waals surface area contributed by atoms with Gasteiger partial charge in [-0.3, -0.25) is 29.8 Å². The lowest BCUT2D eigenvalue weighted by Gasteiger charge is -2.35. The standard InChI is InChI=1S/C41H50N8O7/c1-41(2,3)56-40(55)47-33(24-28-26-43-31-19-11-10-18-30(28)31)37(52)46-32(20-12-13-22-42-39(54)44-29-16-8-5-9-17-29)36-45-34(25-35(50)51)38(53)49(48-36)23-21-27-14-6-4-7-15-27/h4-11,14-19,26,32-34,43H,12-13,20-25H2,1-3H3,(H,45,48)(H,46,52)(H,47,55)(H,50,51)(H2,42,44,54). The Morgan fingerprint density at radius 2 is 1.62 bits per heavy atom. The number of nitrogens with zero attached hydrogens (tertiary/aromatic N) is 2. The van der Waals surface area contributed by atoms with E-state index in [0.29, 0.717) is 37.9 Å². The monoisotopic (exact) mass is 766 g/mol. The molecule has 7 N–H and O–H groups in total. The van der Waals surface area contributed by atoms with Gasteiger partial charge in [0.2, 0.25) is 5.91 Å². The Labute approximate surface area is 325 Å². The molecule has 3 aromatic carbocycles. The van der Waals surface area contributed by atoms with Crippen molar-refractivity contribution in [3.05, 3.63) is 102 Å². The number of para-hydroxylation sites is 2. The molecule has 1 aliphatic rings. The van der Waals surface area contributed by atoms with Gasteiger partial charge in [0.05, 0.1) is 12.5 Å². The SMILES string of the molecule is CC(C)(C)OC(=O)NC(Cc1c[nH]c2ccccc12)C(=O)NC(CCCCNC(=O)Nc1ccccc1)C1=NC(CC(=O)O)C(=O)N(CCc2ccccc2)N1. The van der Waals surface area contributed by atoms with Gasteiger partial charge in [-0.15, -0.1) is 0 Å². The van der Waals surface area contributed by atoms with Crippen LogP contribution in [0.25, 0.3) is 10.9 Å². The smallest absolute Gasteiger partial charge is 0.408 e. The van der Waals surface area contributed by atoms with Crippen LogP contribution in [0.2, 0.25) is 0 Å². The summed E-state index contributed by atoms with van der Waals surface area (Å²) in [5, 5.41) is 23.3. The number of ether oxygens (including phenoxy) is 1. The molecule has 0 spiro atoms. The maximum absolute atomic E-state index is 14.3. The number of aromatic nitrogens is 1. The zero-order chi connectivity index (χ0) is 40.1. The van der Waals surface area contributed by atoms with Crippen molar-refractivity contribution in [2.45, 2.75) is 83.0 Å². The number of nitrogens with one attached hydrogen (secondary N) is 6. The molecule has 296 valence electrons. The second-order valence-corrected chi connectivity index (χ2v) is 14.5. The van der Waals surface area contributed by atoms with Crippen LogP contribution in [0.15, 0.2) is 96.1 Å². The Morgan fingerprint density at radius 1 is 0.929 bits per heavy atom. The molecule has 0 radical (unpaired) electrons. The van der Waals surface area contributed by atoms with E-state index in [1.165, 1.54) is 5.01 Å². The van der Waals surface area contributed by atoms with Gasteiger partial charge in [-0.25, -0.2) is 9.59 Å². The molecule has 56 heavy (non-hydrogen) atoms. The van der Waals surface area contributed by atoms with Crippen LogP contribution < -0.4 is 26.7 Å². The molecule has 0 fully saturated rings. The third-order valence-corrected chi connectivity index (χ3v) is 8.92. The maximum Gasteiger partial charge on any atom is 0.408 e. The van der Waals surface area contributed by atoms with E-state index in [4.69, 9.17) is 4.74 Å². The van der Waals surface area contributed by atoms with Crippen molar-refractivity contribution in [3.63, 3.8) is 0 Å². The van der Waals surface area contributed by atoms with Crippen LogP contribution in [0.4, 0.5) is 15.3 Å². The Bertz CT molecular complexity index is 1990. The molecule has 3 atom stereocenters. The molecule has 0 saturated carbocycles. The van der Waals surface area contributed by atoms with E-state index in [1.807, 2.05) is 72.8 Å². The fraction of sp³-hybridized carbons (Fsp3) is 0.366. The fourth-order valence-electron chi connectivity index (χ4n) is 6.24. The summed E-state index contributed by atoms with van der Waals surface area (Å²) in [6.07, 6.45) is 2.37. The number of carbonyl (C=O) groups is 5. The minimum absolute atomic E-state index is 0.117. The van der Waals surface area contributed by atoms with Crippen LogP contribution in [0, 0.1) is 0 Å². The summed E-state index contributed by atoms with van der Waals surface area (Å²) in [5.74, 6) is -2.04. The average Bonchev–Trinajstić information content (AvgIpc) is 3.56. The van der Waals surface area contributed by atoms with Crippen LogP contribution in [-0.2, 0) is 32.0 Å². The van der Waals surface area contributed by atoms with Gasteiger partial charge in [-0.1, -0.05) is 66.7 Å². The predicted octanol–water partition coefficient (Wildman–Crippen LogP) is 4.91. The number of urea groups is 1.